The third-order valence-corrected chi connectivity index (χ3v) is 6.60. The van der Waals surface area contributed by atoms with Crippen molar-refractivity contribution >= 4 is 35.1 Å². The first kappa shape index (κ1) is 21.9. The SMILES string of the molecule is C[C@@H](Oc1ccc(Cl)c(Cl)c1)c1cc(F)c(C(=O)N2CCCC2C(=O)O)cc1C1CC1. The Morgan fingerprint density at radius 3 is 2.55 bits per heavy atom. The van der Waals surface area contributed by atoms with Crippen LogP contribution in [0.25, 0.3) is 0 Å². The van der Waals surface area contributed by atoms with E-state index in [1.807, 2.05) is 6.92 Å². The van der Waals surface area contributed by atoms with E-state index in [0.29, 0.717) is 40.7 Å². The van der Waals surface area contributed by atoms with Crippen LogP contribution < -0.4 is 4.74 Å². The van der Waals surface area contributed by atoms with Crippen LogP contribution in [0.4, 0.5) is 4.39 Å². The van der Waals surface area contributed by atoms with Crippen molar-refractivity contribution in [1.82, 2.24) is 4.90 Å². The smallest absolute Gasteiger partial charge is 0.326 e. The average Bonchev–Trinajstić information content (AvgIpc) is 3.45. The molecule has 164 valence electrons. The van der Waals surface area contributed by atoms with Crippen LogP contribution in [0.15, 0.2) is 30.3 Å². The fourth-order valence-corrected chi connectivity index (χ4v) is 4.40. The molecule has 1 heterocycles. The fraction of sp³-hybridized carbons (Fsp3) is 0.391. The van der Waals surface area contributed by atoms with Crippen LogP contribution in [0.2, 0.25) is 10.0 Å². The summed E-state index contributed by atoms with van der Waals surface area (Å²) in [6.45, 7) is 2.12. The first-order chi connectivity index (χ1) is 14.8. The van der Waals surface area contributed by atoms with Gasteiger partial charge in [-0.05, 0) is 73.9 Å². The van der Waals surface area contributed by atoms with Crippen molar-refractivity contribution in [2.24, 2.45) is 0 Å². The molecular weight excluding hydrogens is 444 g/mol. The molecule has 2 aliphatic rings. The second kappa shape index (κ2) is 8.67. The van der Waals surface area contributed by atoms with Gasteiger partial charge < -0.3 is 14.7 Å². The fourth-order valence-electron chi connectivity index (χ4n) is 4.11. The first-order valence-corrected chi connectivity index (χ1v) is 11.0. The molecule has 2 fully saturated rings. The van der Waals surface area contributed by atoms with E-state index in [0.717, 1.165) is 18.4 Å². The molecule has 0 spiro atoms. The Morgan fingerprint density at radius 2 is 1.90 bits per heavy atom. The van der Waals surface area contributed by atoms with Crippen molar-refractivity contribution in [3.63, 3.8) is 0 Å². The maximum absolute atomic E-state index is 15.1. The number of aliphatic carboxylic acids is 1. The number of rotatable bonds is 6. The number of amides is 1. The lowest BCUT2D eigenvalue weighted by Gasteiger charge is -2.24. The number of carboxylic acid groups (broad SMARTS) is 1. The number of carbonyl (C=O) groups excluding carboxylic acids is 1. The highest BCUT2D eigenvalue weighted by Gasteiger charge is 2.37. The highest BCUT2D eigenvalue weighted by molar-refractivity contribution is 6.42. The van der Waals surface area contributed by atoms with E-state index in [1.54, 1.807) is 24.3 Å². The Labute approximate surface area is 189 Å². The van der Waals surface area contributed by atoms with Gasteiger partial charge in [0.25, 0.3) is 5.91 Å². The number of ether oxygens (including phenoxy) is 1. The van der Waals surface area contributed by atoms with Gasteiger partial charge in [0.05, 0.1) is 15.6 Å². The second-order valence-corrected chi connectivity index (χ2v) is 8.88. The number of hydrogen-bond donors (Lipinski definition) is 1. The largest absolute Gasteiger partial charge is 0.486 e. The van der Waals surface area contributed by atoms with E-state index in [-0.39, 0.29) is 11.5 Å². The molecule has 1 N–H and O–H groups in total. The molecule has 0 bridgehead atoms. The summed E-state index contributed by atoms with van der Waals surface area (Å²) in [5.74, 6) is -1.57. The zero-order valence-corrected chi connectivity index (χ0v) is 18.4. The molecule has 1 aliphatic heterocycles. The molecule has 2 aromatic rings. The summed E-state index contributed by atoms with van der Waals surface area (Å²) in [4.78, 5) is 25.7. The van der Waals surface area contributed by atoms with Crippen molar-refractivity contribution in [2.75, 3.05) is 6.54 Å². The van der Waals surface area contributed by atoms with Crippen LogP contribution in [-0.4, -0.2) is 34.5 Å². The van der Waals surface area contributed by atoms with Gasteiger partial charge in [-0.2, -0.15) is 0 Å². The first-order valence-electron chi connectivity index (χ1n) is 10.2. The van der Waals surface area contributed by atoms with E-state index in [4.69, 9.17) is 27.9 Å². The van der Waals surface area contributed by atoms with Crippen molar-refractivity contribution in [3.8, 4) is 5.75 Å². The van der Waals surface area contributed by atoms with Crippen LogP contribution in [0, 0.1) is 5.82 Å². The molecule has 1 saturated carbocycles. The summed E-state index contributed by atoms with van der Waals surface area (Å²) in [7, 11) is 0. The summed E-state index contributed by atoms with van der Waals surface area (Å²) in [5, 5.41) is 10.1. The molecule has 4 rings (SSSR count). The van der Waals surface area contributed by atoms with E-state index in [2.05, 4.69) is 0 Å². The number of hydrogen-bond acceptors (Lipinski definition) is 3. The molecule has 0 aromatic heterocycles. The molecule has 2 aromatic carbocycles. The van der Waals surface area contributed by atoms with Crippen LogP contribution in [-0.2, 0) is 4.79 Å². The standard InChI is InChI=1S/C23H22Cl2FNO4/c1-12(31-14-6-7-18(24)19(25)9-14)15-11-20(26)17(10-16(15)13-4-5-13)22(28)27-8-2-3-21(27)23(29)30/h6-7,9-13,21H,2-5,8H2,1H3,(H,29,30)/t12-,21?/m1/s1. The van der Waals surface area contributed by atoms with E-state index in [1.165, 1.54) is 11.0 Å². The van der Waals surface area contributed by atoms with Crippen LogP contribution in [0.1, 0.15) is 66.1 Å². The Kier molecular flexibility index (Phi) is 6.13. The molecular formula is C23H22Cl2FNO4. The Hall–Kier alpha value is -2.31. The van der Waals surface area contributed by atoms with Gasteiger partial charge >= 0.3 is 5.97 Å². The molecule has 0 radical (unpaired) electrons. The van der Waals surface area contributed by atoms with E-state index in [9.17, 15) is 14.7 Å². The number of benzene rings is 2. The molecule has 1 saturated heterocycles. The van der Waals surface area contributed by atoms with Crippen LogP contribution >= 0.6 is 23.2 Å². The molecule has 1 unspecified atom stereocenters. The zero-order chi connectivity index (χ0) is 22.3. The summed E-state index contributed by atoms with van der Waals surface area (Å²) in [5.41, 5.74) is 1.45. The average molecular weight is 466 g/mol. The highest BCUT2D eigenvalue weighted by atomic mass is 35.5. The zero-order valence-electron chi connectivity index (χ0n) is 16.9. The third-order valence-electron chi connectivity index (χ3n) is 5.86. The summed E-state index contributed by atoms with van der Waals surface area (Å²) >= 11 is 12.0. The Bertz CT molecular complexity index is 1040. The van der Waals surface area contributed by atoms with Gasteiger partial charge in [-0.25, -0.2) is 9.18 Å². The molecule has 31 heavy (non-hydrogen) atoms. The van der Waals surface area contributed by atoms with Crippen molar-refractivity contribution < 1.29 is 23.8 Å². The minimum Gasteiger partial charge on any atom is -0.486 e. The number of carbonyl (C=O) groups is 2. The third kappa shape index (κ3) is 4.51. The predicted molar refractivity (Wildman–Crippen MR) is 116 cm³/mol. The second-order valence-electron chi connectivity index (χ2n) is 8.07. The molecule has 5 nitrogen and oxygen atoms in total. The quantitative estimate of drug-likeness (QED) is 0.581. The lowest BCUT2D eigenvalue weighted by molar-refractivity contribution is -0.141. The van der Waals surface area contributed by atoms with E-state index >= 15 is 4.39 Å². The number of likely N-dealkylation sites (tertiary alicyclic amines) is 1. The lowest BCUT2D eigenvalue weighted by Crippen LogP contribution is -2.40. The van der Waals surface area contributed by atoms with Gasteiger partial charge in [0, 0.05) is 12.6 Å². The van der Waals surface area contributed by atoms with Crippen LogP contribution in [0.5, 0.6) is 5.75 Å². The van der Waals surface area contributed by atoms with Gasteiger partial charge in [-0.15, -0.1) is 0 Å². The summed E-state index contributed by atoms with van der Waals surface area (Å²) in [6, 6.07) is 6.93. The molecule has 1 amide bonds. The predicted octanol–water partition coefficient (Wildman–Crippen LogP) is 5.84. The molecule has 2 atom stereocenters. The van der Waals surface area contributed by atoms with Crippen molar-refractivity contribution in [1.29, 1.82) is 0 Å². The summed E-state index contributed by atoms with van der Waals surface area (Å²) < 4.78 is 21.0. The minimum atomic E-state index is -1.06. The lowest BCUT2D eigenvalue weighted by atomic mass is 9.95. The van der Waals surface area contributed by atoms with Crippen molar-refractivity contribution in [2.45, 2.75) is 50.7 Å². The molecule has 1 aliphatic carbocycles. The monoisotopic (exact) mass is 465 g/mol. The van der Waals surface area contributed by atoms with Gasteiger partial charge in [-0.1, -0.05) is 23.2 Å². The maximum Gasteiger partial charge on any atom is 0.326 e. The maximum atomic E-state index is 15.1. The van der Waals surface area contributed by atoms with E-state index < -0.39 is 29.8 Å². The highest BCUT2D eigenvalue weighted by Crippen LogP contribution is 2.45. The van der Waals surface area contributed by atoms with Crippen LogP contribution in [0.3, 0.4) is 0 Å². The summed E-state index contributed by atoms with van der Waals surface area (Å²) in [6.07, 6.45) is 2.39. The number of nitrogens with zero attached hydrogens (tertiary/aromatic N) is 1. The van der Waals surface area contributed by atoms with Gasteiger partial charge in [0.15, 0.2) is 0 Å². The van der Waals surface area contributed by atoms with Gasteiger partial charge in [0.1, 0.15) is 23.7 Å². The van der Waals surface area contributed by atoms with Gasteiger partial charge in [0.2, 0.25) is 0 Å². The number of carboxylic acids is 1. The normalized spacial score (nSPS) is 19.4. The topological polar surface area (TPSA) is 66.8 Å². The van der Waals surface area contributed by atoms with Crippen molar-refractivity contribution in [3.05, 3.63) is 62.9 Å². The van der Waals surface area contributed by atoms with Gasteiger partial charge in [-0.3, -0.25) is 4.79 Å². The molecule has 8 heteroatoms. The Morgan fingerprint density at radius 1 is 1.16 bits per heavy atom. The minimum absolute atomic E-state index is 0.0828. The number of halogens is 3. The Balaban J connectivity index is 1.64.